The van der Waals surface area contributed by atoms with Crippen molar-refractivity contribution in [1.82, 2.24) is 4.72 Å². The van der Waals surface area contributed by atoms with Crippen LogP contribution in [0, 0.1) is 5.92 Å². The molecule has 0 amide bonds. The van der Waals surface area contributed by atoms with Gasteiger partial charge in [0, 0.05) is 0 Å². The molecule has 0 fully saturated rings. The molecule has 0 aromatic heterocycles. The summed E-state index contributed by atoms with van der Waals surface area (Å²) < 4.78 is 58.3. The fraction of sp³-hybridized carbons (Fsp3) is 0.857. The molecule has 0 bridgehead atoms. The number of rotatable bonds is 5. The zero-order chi connectivity index (χ0) is 13.1. The smallest absolute Gasteiger partial charge is 0.480 e. The highest BCUT2D eigenvalue weighted by Crippen LogP contribution is 2.22. The summed E-state index contributed by atoms with van der Waals surface area (Å²) in [4.78, 5) is 10.5. The zero-order valence-electron chi connectivity index (χ0n) is 8.58. The largest absolute Gasteiger partial charge is 0.511 e. The topological polar surface area (TPSA) is 83.5 Å². The Labute approximate surface area is 90.7 Å². The molecule has 5 nitrogen and oxygen atoms in total. The summed E-state index contributed by atoms with van der Waals surface area (Å²) in [7, 11) is -5.62. The van der Waals surface area contributed by atoms with Crippen molar-refractivity contribution in [2.24, 2.45) is 5.92 Å². The maximum absolute atomic E-state index is 12.0. The molecule has 2 N–H and O–H groups in total. The van der Waals surface area contributed by atoms with Crippen molar-refractivity contribution in [3.05, 3.63) is 0 Å². The number of carbonyl (C=O) groups is 1. The second kappa shape index (κ2) is 5.00. The monoisotopic (exact) mass is 263 g/mol. The fourth-order valence-electron chi connectivity index (χ4n) is 0.925. The molecular formula is C7H12F3NO4S. The van der Waals surface area contributed by atoms with Crippen LogP contribution in [0.5, 0.6) is 0 Å². The van der Waals surface area contributed by atoms with E-state index in [-0.39, 0.29) is 12.3 Å². The third-order valence-electron chi connectivity index (χ3n) is 1.61. The van der Waals surface area contributed by atoms with Crippen molar-refractivity contribution in [1.29, 1.82) is 0 Å². The number of aliphatic carboxylic acids is 1. The van der Waals surface area contributed by atoms with E-state index in [1.54, 1.807) is 13.8 Å². The summed E-state index contributed by atoms with van der Waals surface area (Å²) in [5.74, 6) is -1.89. The number of sulfonamides is 1. The van der Waals surface area contributed by atoms with Crippen LogP contribution in [0.4, 0.5) is 13.2 Å². The number of hydrogen-bond donors (Lipinski definition) is 2. The minimum absolute atomic E-state index is 0.218. The van der Waals surface area contributed by atoms with E-state index in [0.29, 0.717) is 0 Å². The lowest BCUT2D eigenvalue weighted by Gasteiger charge is -2.17. The number of hydrogen-bond acceptors (Lipinski definition) is 3. The molecule has 1 atom stereocenters. The van der Waals surface area contributed by atoms with E-state index in [1.807, 2.05) is 0 Å². The molecule has 9 heteroatoms. The quantitative estimate of drug-likeness (QED) is 0.772. The Morgan fingerprint density at radius 2 is 1.81 bits per heavy atom. The number of halogens is 3. The molecule has 16 heavy (non-hydrogen) atoms. The Kier molecular flexibility index (Phi) is 4.74. The van der Waals surface area contributed by atoms with E-state index in [4.69, 9.17) is 5.11 Å². The van der Waals surface area contributed by atoms with Crippen molar-refractivity contribution in [3.63, 3.8) is 0 Å². The first-order chi connectivity index (χ1) is 6.97. The van der Waals surface area contributed by atoms with Crippen LogP contribution in [0.1, 0.15) is 20.3 Å². The Morgan fingerprint density at radius 1 is 1.38 bits per heavy atom. The molecule has 0 aromatic carbocycles. The van der Waals surface area contributed by atoms with E-state index < -0.39 is 27.5 Å². The molecular weight excluding hydrogens is 251 g/mol. The van der Waals surface area contributed by atoms with E-state index in [9.17, 15) is 26.4 Å². The molecule has 0 rings (SSSR count). The third-order valence-corrected chi connectivity index (χ3v) is 2.81. The van der Waals surface area contributed by atoms with Gasteiger partial charge < -0.3 is 5.11 Å². The lowest BCUT2D eigenvalue weighted by molar-refractivity contribution is -0.139. The van der Waals surface area contributed by atoms with Crippen molar-refractivity contribution in [3.8, 4) is 0 Å². The summed E-state index contributed by atoms with van der Waals surface area (Å²) >= 11 is 0. The zero-order valence-corrected chi connectivity index (χ0v) is 9.39. The van der Waals surface area contributed by atoms with E-state index in [2.05, 4.69) is 0 Å². The van der Waals surface area contributed by atoms with Crippen LogP contribution >= 0.6 is 0 Å². The van der Waals surface area contributed by atoms with Crippen molar-refractivity contribution in [2.45, 2.75) is 31.8 Å². The Balaban J connectivity index is 4.85. The van der Waals surface area contributed by atoms with Crippen LogP contribution in [-0.4, -0.2) is 31.0 Å². The Bertz CT molecular complexity index is 349. The summed E-state index contributed by atoms with van der Waals surface area (Å²) in [6.45, 7) is 3.13. The average molecular weight is 263 g/mol. The number of carboxylic acids is 1. The van der Waals surface area contributed by atoms with Crippen LogP contribution in [0.25, 0.3) is 0 Å². The molecule has 0 aliphatic carbocycles. The van der Waals surface area contributed by atoms with Gasteiger partial charge in [0.1, 0.15) is 6.04 Å². The summed E-state index contributed by atoms with van der Waals surface area (Å²) in [5, 5.41) is 8.56. The van der Waals surface area contributed by atoms with Crippen molar-refractivity contribution in [2.75, 3.05) is 0 Å². The predicted octanol–water partition coefficient (Wildman–Crippen LogP) is 0.925. The maximum atomic E-state index is 12.0. The first kappa shape index (κ1) is 15.2. The number of alkyl halides is 3. The predicted molar refractivity (Wildman–Crippen MR) is 49.0 cm³/mol. The van der Waals surface area contributed by atoms with Gasteiger partial charge in [0.2, 0.25) is 0 Å². The summed E-state index contributed by atoms with van der Waals surface area (Å²) in [6, 6.07) is -1.77. The van der Waals surface area contributed by atoms with Gasteiger partial charge in [0.05, 0.1) is 0 Å². The molecule has 0 aromatic rings. The van der Waals surface area contributed by atoms with E-state index in [1.165, 1.54) is 0 Å². The summed E-state index contributed by atoms with van der Waals surface area (Å²) in [5.41, 5.74) is -5.50. The first-order valence-electron chi connectivity index (χ1n) is 4.28. The van der Waals surface area contributed by atoms with Crippen LogP contribution < -0.4 is 4.72 Å². The van der Waals surface area contributed by atoms with Gasteiger partial charge in [-0.25, -0.2) is 8.42 Å². The second-order valence-electron chi connectivity index (χ2n) is 3.59. The third kappa shape index (κ3) is 4.35. The molecule has 0 spiro atoms. The summed E-state index contributed by atoms with van der Waals surface area (Å²) in [6.07, 6.45) is -0.218. The highest BCUT2D eigenvalue weighted by molar-refractivity contribution is 7.90. The molecule has 0 heterocycles. The van der Waals surface area contributed by atoms with Gasteiger partial charge in [0.25, 0.3) is 0 Å². The lowest BCUT2D eigenvalue weighted by atomic mass is 10.1. The van der Waals surface area contributed by atoms with Crippen LogP contribution in [-0.2, 0) is 14.8 Å². The van der Waals surface area contributed by atoms with E-state index in [0.717, 1.165) is 4.72 Å². The second-order valence-corrected chi connectivity index (χ2v) is 5.29. The molecule has 96 valence electrons. The fourth-order valence-corrected chi connectivity index (χ4v) is 1.63. The maximum Gasteiger partial charge on any atom is 0.511 e. The molecule has 1 unspecified atom stereocenters. The van der Waals surface area contributed by atoms with Crippen molar-refractivity contribution < 1.29 is 31.5 Å². The number of nitrogens with one attached hydrogen (secondary N) is 1. The highest BCUT2D eigenvalue weighted by Gasteiger charge is 2.47. The van der Waals surface area contributed by atoms with Gasteiger partial charge in [0.15, 0.2) is 0 Å². The average Bonchev–Trinajstić information content (AvgIpc) is 1.98. The molecule has 0 aliphatic rings. The lowest BCUT2D eigenvalue weighted by Crippen LogP contribution is -2.46. The van der Waals surface area contributed by atoms with E-state index >= 15 is 0 Å². The molecule has 0 aliphatic heterocycles. The van der Waals surface area contributed by atoms with Gasteiger partial charge in [-0.15, -0.1) is 0 Å². The first-order valence-corrected chi connectivity index (χ1v) is 5.77. The van der Waals surface area contributed by atoms with Gasteiger partial charge in [-0.3, -0.25) is 4.79 Å². The minimum Gasteiger partial charge on any atom is -0.480 e. The normalized spacial score (nSPS) is 15.1. The van der Waals surface area contributed by atoms with Crippen LogP contribution in [0.15, 0.2) is 0 Å². The van der Waals surface area contributed by atoms with Crippen LogP contribution in [0.3, 0.4) is 0 Å². The molecule has 0 radical (unpaired) electrons. The Morgan fingerprint density at radius 3 is 2.06 bits per heavy atom. The van der Waals surface area contributed by atoms with Gasteiger partial charge in [-0.1, -0.05) is 13.8 Å². The van der Waals surface area contributed by atoms with Crippen LogP contribution in [0.2, 0.25) is 0 Å². The molecule has 0 saturated carbocycles. The molecule has 0 saturated heterocycles. The van der Waals surface area contributed by atoms with Crippen molar-refractivity contribution >= 4 is 16.0 Å². The SMILES string of the molecule is CC(C)CC(NS(=O)(=O)C(F)(F)F)C(=O)O. The minimum atomic E-state index is -5.62. The standard InChI is InChI=1S/C7H12F3NO4S/c1-4(2)3-5(6(12)13)11-16(14,15)7(8,9)10/h4-5,11H,3H2,1-2H3,(H,12,13). The Hall–Kier alpha value is -0.830. The number of carboxylic acid groups (broad SMARTS) is 1. The van der Waals surface area contributed by atoms with Gasteiger partial charge >= 0.3 is 21.5 Å². The van der Waals surface area contributed by atoms with Gasteiger partial charge in [-0.2, -0.15) is 17.9 Å². The highest BCUT2D eigenvalue weighted by atomic mass is 32.2. The van der Waals surface area contributed by atoms with Gasteiger partial charge in [-0.05, 0) is 12.3 Å².